The lowest BCUT2D eigenvalue weighted by atomic mass is 10.4. The topological polar surface area (TPSA) is 124 Å². The van der Waals surface area contributed by atoms with Crippen LogP contribution >= 0.6 is 10.7 Å². The smallest absolute Gasteiger partial charge is 0.318 e. The van der Waals surface area contributed by atoms with Gasteiger partial charge in [-0.2, -0.15) is 0 Å². The third-order valence-electron chi connectivity index (χ3n) is 1.98. The van der Waals surface area contributed by atoms with Gasteiger partial charge in [0.05, 0.1) is 0 Å². The number of urea groups is 1. The van der Waals surface area contributed by atoms with Gasteiger partial charge in [-0.05, 0) is 0 Å². The van der Waals surface area contributed by atoms with Gasteiger partial charge in [0, 0.05) is 23.3 Å². The first-order valence-corrected chi connectivity index (χ1v) is 7.15. The van der Waals surface area contributed by atoms with Crippen LogP contribution in [0, 0.1) is 0 Å². The zero-order chi connectivity index (χ0) is 13.9. The molecule has 0 fully saturated rings. The van der Waals surface area contributed by atoms with E-state index in [1.54, 1.807) is 6.92 Å². The van der Waals surface area contributed by atoms with Crippen molar-refractivity contribution in [3.63, 3.8) is 0 Å². The third-order valence-corrected chi connectivity index (χ3v) is 3.15. The van der Waals surface area contributed by atoms with Crippen molar-refractivity contribution in [1.82, 2.24) is 14.9 Å². The summed E-state index contributed by atoms with van der Waals surface area (Å²) in [6, 6.07) is -0.983. The number of aromatic nitrogens is 2. The molecule has 0 aromatic carbocycles. The van der Waals surface area contributed by atoms with Gasteiger partial charge in [-0.1, -0.05) is 6.92 Å². The molecule has 18 heavy (non-hydrogen) atoms. The van der Waals surface area contributed by atoms with E-state index in [0.29, 0.717) is 12.2 Å². The van der Waals surface area contributed by atoms with Crippen molar-refractivity contribution in [1.29, 1.82) is 0 Å². The van der Waals surface area contributed by atoms with E-state index in [9.17, 15) is 18.0 Å². The Hall–Kier alpha value is -1.61. The van der Waals surface area contributed by atoms with Gasteiger partial charge in [0.15, 0.2) is 5.03 Å². The highest BCUT2D eigenvalue weighted by Gasteiger charge is 2.18. The molecule has 0 atom stereocenters. The first-order valence-electron chi connectivity index (χ1n) is 4.84. The molecule has 0 aliphatic heterocycles. The fraction of sp³-hybridized carbons (Fsp3) is 0.375. The largest absolute Gasteiger partial charge is 0.351 e. The van der Waals surface area contributed by atoms with Crippen LogP contribution in [-0.4, -0.2) is 29.9 Å². The second-order valence-corrected chi connectivity index (χ2v) is 5.84. The number of amides is 3. The molecular formula is C8H11ClN4O4S. The number of rotatable bonds is 4. The van der Waals surface area contributed by atoms with Crippen molar-refractivity contribution >= 4 is 31.7 Å². The minimum absolute atomic E-state index is 0.272. The van der Waals surface area contributed by atoms with E-state index < -0.39 is 21.0 Å². The number of hydrogen-bond donors (Lipinski definition) is 2. The molecule has 8 nitrogen and oxygen atoms in total. The zero-order valence-electron chi connectivity index (χ0n) is 9.38. The molecular weight excluding hydrogens is 284 g/mol. The second kappa shape index (κ2) is 5.36. The molecule has 0 saturated heterocycles. The van der Waals surface area contributed by atoms with Crippen LogP contribution in [0.4, 0.5) is 4.79 Å². The molecule has 10 heteroatoms. The van der Waals surface area contributed by atoms with Crippen LogP contribution < -0.4 is 11.1 Å². The number of nitrogens with one attached hydrogen (secondary N) is 1. The zero-order valence-corrected chi connectivity index (χ0v) is 11.0. The van der Waals surface area contributed by atoms with Crippen molar-refractivity contribution in [2.45, 2.75) is 24.9 Å². The number of carbonyl (C=O) groups is 2. The fourth-order valence-corrected chi connectivity index (χ4v) is 1.99. The van der Waals surface area contributed by atoms with Gasteiger partial charge in [-0.3, -0.25) is 10.1 Å². The minimum atomic E-state index is -3.96. The van der Waals surface area contributed by atoms with Crippen molar-refractivity contribution in [3.8, 4) is 0 Å². The van der Waals surface area contributed by atoms with Gasteiger partial charge in [0.25, 0.3) is 9.05 Å². The Morgan fingerprint density at radius 1 is 1.56 bits per heavy atom. The van der Waals surface area contributed by atoms with Crippen LogP contribution in [0.15, 0.2) is 11.2 Å². The maximum atomic E-state index is 11.3. The number of nitrogens with two attached hydrogens (primary N) is 1. The van der Waals surface area contributed by atoms with Gasteiger partial charge >= 0.3 is 6.03 Å². The van der Waals surface area contributed by atoms with Crippen LogP contribution in [0.1, 0.15) is 12.7 Å². The van der Waals surface area contributed by atoms with Crippen molar-refractivity contribution in [2.24, 2.45) is 5.73 Å². The number of halogens is 1. The fourth-order valence-electron chi connectivity index (χ4n) is 1.30. The third kappa shape index (κ3) is 3.70. The van der Waals surface area contributed by atoms with E-state index in [0.717, 1.165) is 6.20 Å². The van der Waals surface area contributed by atoms with E-state index in [-0.39, 0.29) is 11.6 Å². The Balaban J connectivity index is 2.99. The molecule has 1 rings (SSSR count). The van der Waals surface area contributed by atoms with Crippen LogP contribution in [0.3, 0.4) is 0 Å². The van der Waals surface area contributed by atoms with Gasteiger partial charge in [-0.15, -0.1) is 0 Å². The second-order valence-electron chi connectivity index (χ2n) is 3.33. The van der Waals surface area contributed by atoms with Crippen LogP contribution in [0.2, 0.25) is 0 Å². The van der Waals surface area contributed by atoms with Gasteiger partial charge < -0.3 is 10.3 Å². The number of primary amides is 1. The van der Waals surface area contributed by atoms with Gasteiger partial charge in [0.2, 0.25) is 5.91 Å². The molecule has 3 N–H and O–H groups in total. The molecule has 1 heterocycles. The SMILES string of the molecule is CCc1nc(S(=O)(=O)Cl)cn1CC(=O)NC(N)=O. The lowest BCUT2D eigenvalue weighted by Crippen LogP contribution is -2.37. The van der Waals surface area contributed by atoms with Gasteiger partial charge in [0.1, 0.15) is 12.4 Å². The quantitative estimate of drug-likeness (QED) is 0.729. The maximum Gasteiger partial charge on any atom is 0.318 e. The molecule has 0 aliphatic rings. The maximum absolute atomic E-state index is 11.3. The van der Waals surface area contributed by atoms with E-state index in [4.69, 9.17) is 16.4 Å². The van der Waals surface area contributed by atoms with E-state index in [1.807, 2.05) is 5.32 Å². The average Bonchev–Trinajstić information content (AvgIpc) is 2.58. The van der Waals surface area contributed by atoms with Crippen molar-refractivity contribution < 1.29 is 18.0 Å². The highest BCUT2D eigenvalue weighted by molar-refractivity contribution is 8.13. The summed E-state index contributed by atoms with van der Waals surface area (Å²) < 4.78 is 23.5. The van der Waals surface area contributed by atoms with E-state index >= 15 is 0 Å². The summed E-state index contributed by atoms with van der Waals surface area (Å²) in [7, 11) is 1.19. The van der Waals surface area contributed by atoms with Crippen molar-refractivity contribution in [3.05, 3.63) is 12.0 Å². The number of nitrogens with zero attached hydrogens (tertiary/aromatic N) is 2. The Morgan fingerprint density at radius 2 is 2.17 bits per heavy atom. The summed E-state index contributed by atoms with van der Waals surface area (Å²) in [5, 5.41) is 1.52. The summed E-state index contributed by atoms with van der Waals surface area (Å²) in [5.41, 5.74) is 4.78. The predicted molar refractivity (Wildman–Crippen MR) is 62.4 cm³/mol. The first kappa shape index (κ1) is 14.5. The lowest BCUT2D eigenvalue weighted by molar-refractivity contribution is -0.120. The minimum Gasteiger partial charge on any atom is -0.351 e. The number of carbonyl (C=O) groups excluding carboxylic acids is 2. The van der Waals surface area contributed by atoms with Crippen LogP contribution in [-0.2, 0) is 26.8 Å². The molecule has 3 amide bonds. The standard InChI is InChI=1S/C8H11ClN4O4S/c1-2-5-11-7(18(9,16)17)4-13(5)3-6(14)12-8(10)15/h4H,2-3H2,1H3,(H3,10,12,14,15). The molecule has 0 unspecified atom stereocenters. The van der Waals surface area contributed by atoms with Crippen LogP contribution in [0.25, 0.3) is 0 Å². The van der Waals surface area contributed by atoms with Crippen molar-refractivity contribution in [2.75, 3.05) is 0 Å². The highest BCUT2D eigenvalue weighted by Crippen LogP contribution is 2.14. The Morgan fingerprint density at radius 3 is 2.61 bits per heavy atom. The molecule has 100 valence electrons. The van der Waals surface area contributed by atoms with E-state index in [1.165, 1.54) is 4.57 Å². The predicted octanol–water partition coefficient (Wildman–Crippen LogP) is -0.432. The molecule has 0 bridgehead atoms. The number of aryl methyl sites for hydroxylation is 1. The molecule has 0 radical (unpaired) electrons. The summed E-state index contributed by atoms with van der Waals surface area (Å²) in [4.78, 5) is 25.6. The Bertz CT molecular complexity index is 580. The number of imidazole rings is 1. The summed E-state index contributed by atoms with van der Waals surface area (Å²) in [6.07, 6.45) is 1.53. The monoisotopic (exact) mass is 294 g/mol. The number of hydrogen-bond acceptors (Lipinski definition) is 5. The first-order chi connectivity index (χ1) is 8.24. The Kier molecular flexibility index (Phi) is 4.30. The molecule has 0 aliphatic carbocycles. The van der Waals surface area contributed by atoms with E-state index in [2.05, 4.69) is 4.98 Å². The molecule has 1 aromatic rings. The summed E-state index contributed by atoms with van der Waals surface area (Å²) in [6.45, 7) is 1.46. The lowest BCUT2D eigenvalue weighted by Gasteiger charge is -2.04. The molecule has 1 aromatic heterocycles. The summed E-state index contributed by atoms with van der Waals surface area (Å²) >= 11 is 0. The molecule has 0 spiro atoms. The highest BCUT2D eigenvalue weighted by atomic mass is 35.7. The normalized spacial score (nSPS) is 11.2. The Labute approximate surface area is 108 Å². The summed E-state index contributed by atoms with van der Waals surface area (Å²) in [5.74, 6) is -0.318. The van der Waals surface area contributed by atoms with Gasteiger partial charge in [-0.25, -0.2) is 18.2 Å². The van der Waals surface area contributed by atoms with Crippen LogP contribution in [0.5, 0.6) is 0 Å². The average molecular weight is 295 g/mol. The number of imide groups is 1. The molecule has 0 saturated carbocycles.